The average molecular weight is 278 g/mol. The molecule has 0 saturated carbocycles. The molecule has 0 aliphatic carbocycles. The van der Waals surface area contributed by atoms with Gasteiger partial charge in [-0.1, -0.05) is 0 Å². The van der Waals surface area contributed by atoms with Gasteiger partial charge in [-0.05, 0) is 0 Å². The van der Waals surface area contributed by atoms with Gasteiger partial charge in [0.15, 0.2) is 0 Å². The van der Waals surface area contributed by atoms with Crippen molar-refractivity contribution in [3.05, 3.63) is 40.5 Å². The topological polar surface area (TPSA) is 108 Å². The van der Waals surface area contributed by atoms with Crippen LogP contribution in [0.4, 0.5) is 5.69 Å². The van der Waals surface area contributed by atoms with Crippen LogP contribution >= 0.6 is 0 Å². The molecule has 0 saturated heterocycles. The van der Waals surface area contributed by atoms with E-state index < -0.39 is 4.92 Å². The number of amides is 1. The van der Waals surface area contributed by atoms with Gasteiger partial charge in [0.1, 0.15) is 12.4 Å². The van der Waals surface area contributed by atoms with E-state index in [-0.39, 0.29) is 18.0 Å². The van der Waals surface area contributed by atoms with E-state index in [4.69, 9.17) is 0 Å². The van der Waals surface area contributed by atoms with Gasteiger partial charge in [0.2, 0.25) is 5.91 Å². The molecule has 2 aromatic rings. The Kier molecular flexibility index (Phi) is 4.08. The second-order valence-electron chi connectivity index (χ2n) is 4.27. The highest BCUT2D eigenvalue weighted by atomic mass is 16.6. The Balaban J connectivity index is 1.75. The number of nitrogens with one attached hydrogen (secondary N) is 1. The fraction of sp³-hybridized carbons (Fsp3) is 0.364. The van der Waals surface area contributed by atoms with E-state index in [1.54, 1.807) is 17.9 Å². The molecule has 0 aromatic carbocycles. The molecule has 0 radical (unpaired) electrons. The zero-order valence-electron chi connectivity index (χ0n) is 10.9. The summed E-state index contributed by atoms with van der Waals surface area (Å²) in [5.41, 5.74) is 0.830. The van der Waals surface area contributed by atoms with Crippen molar-refractivity contribution in [2.24, 2.45) is 7.05 Å². The van der Waals surface area contributed by atoms with Crippen LogP contribution in [0.15, 0.2) is 24.8 Å². The zero-order chi connectivity index (χ0) is 14.5. The van der Waals surface area contributed by atoms with Crippen molar-refractivity contribution in [1.29, 1.82) is 0 Å². The predicted molar refractivity (Wildman–Crippen MR) is 68.6 cm³/mol. The molecule has 0 aliphatic heterocycles. The molecule has 2 heterocycles. The van der Waals surface area contributed by atoms with Gasteiger partial charge in [0.25, 0.3) is 0 Å². The number of rotatable bonds is 6. The molecule has 0 unspecified atom stereocenters. The predicted octanol–water partition coefficient (Wildman–Crippen LogP) is 0.231. The molecule has 0 aliphatic rings. The Labute approximate surface area is 114 Å². The number of hydrogen-bond donors (Lipinski definition) is 1. The van der Waals surface area contributed by atoms with Gasteiger partial charge in [-0.2, -0.15) is 10.2 Å². The summed E-state index contributed by atoms with van der Waals surface area (Å²) in [4.78, 5) is 21.6. The van der Waals surface area contributed by atoms with Gasteiger partial charge in [-0.3, -0.25) is 24.3 Å². The van der Waals surface area contributed by atoms with Crippen LogP contribution in [0, 0.1) is 10.1 Å². The van der Waals surface area contributed by atoms with Crippen LogP contribution in [0.1, 0.15) is 12.0 Å². The number of hydrogen-bond acceptors (Lipinski definition) is 5. The first-order valence-electron chi connectivity index (χ1n) is 5.95. The summed E-state index contributed by atoms with van der Waals surface area (Å²) < 4.78 is 3.03. The van der Waals surface area contributed by atoms with Crippen LogP contribution in [-0.2, 0) is 24.9 Å². The molecular weight excluding hydrogens is 264 g/mol. The van der Waals surface area contributed by atoms with Gasteiger partial charge in [0.05, 0.1) is 11.1 Å². The highest BCUT2D eigenvalue weighted by molar-refractivity contribution is 5.75. The van der Waals surface area contributed by atoms with Crippen LogP contribution in [0.2, 0.25) is 0 Å². The molecule has 2 rings (SSSR count). The van der Waals surface area contributed by atoms with E-state index in [0.717, 1.165) is 11.8 Å². The summed E-state index contributed by atoms with van der Waals surface area (Å²) in [6.07, 6.45) is 6.16. The standard InChI is InChI=1S/C11H14N6O3/c1-15-7-9(5-13-15)4-12-11(18)2-3-16-8-10(6-14-16)17(19)20/h5-8H,2-4H2,1H3,(H,12,18). The van der Waals surface area contributed by atoms with E-state index in [1.807, 2.05) is 6.20 Å². The maximum atomic E-state index is 11.6. The van der Waals surface area contributed by atoms with E-state index >= 15 is 0 Å². The summed E-state index contributed by atoms with van der Waals surface area (Å²) in [6.45, 7) is 0.707. The van der Waals surface area contributed by atoms with Gasteiger partial charge in [-0.25, -0.2) is 0 Å². The van der Waals surface area contributed by atoms with Crippen molar-refractivity contribution in [3.8, 4) is 0 Å². The largest absolute Gasteiger partial charge is 0.352 e. The lowest BCUT2D eigenvalue weighted by Crippen LogP contribution is -2.23. The molecule has 0 spiro atoms. The highest BCUT2D eigenvalue weighted by Gasteiger charge is 2.09. The van der Waals surface area contributed by atoms with E-state index in [9.17, 15) is 14.9 Å². The number of nitrogens with zero attached hydrogens (tertiary/aromatic N) is 5. The monoisotopic (exact) mass is 278 g/mol. The van der Waals surface area contributed by atoms with Crippen molar-refractivity contribution in [3.63, 3.8) is 0 Å². The third-order valence-corrected chi connectivity index (χ3v) is 2.65. The number of carbonyl (C=O) groups is 1. The minimum absolute atomic E-state index is 0.0826. The smallest absolute Gasteiger partial charge is 0.306 e. The molecule has 0 fully saturated rings. The zero-order valence-corrected chi connectivity index (χ0v) is 10.9. The van der Waals surface area contributed by atoms with Gasteiger partial charge < -0.3 is 5.32 Å². The van der Waals surface area contributed by atoms with Crippen molar-refractivity contribution in [2.75, 3.05) is 0 Å². The molecule has 9 heteroatoms. The lowest BCUT2D eigenvalue weighted by molar-refractivity contribution is -0.385. The Bertz CT molecular complexity index is 617. The summed E-state index contributed by atoms with van der Waals surface area (Å²) in [5, 5.41) is 21.0. The number of aryl methyl sites for hydroxylation is 2. The summed E-state index contributed by atoms with van der Waals surface area (Å²) in [7, 11) is 1.80. The van der Waals surface area contributed by atoms with E-state index in [0.29, 0.717) is 13.1 Å². The van der Waals surface area contributed by atoms with Crippen molar-refractivity contribution in [1.82, 2.24) is 24.9 Å². The van der Waals surface area contributed by atoms with Crippen LogP contribution in [0.3, 0.4) is 0 Å². The first-order chi connectivity index (χ1) is 9.54. The summed E-state index contributed by atoms with van der Waals surface area (Å²) in [6, 6.07) is 0. The second kappa shape index (κ2) is 5.95. The summed E-state index contributed by atoms with van der Waals surface area (Å²) >= 11 is 0. The maximum Gasteiger partial charge on any atom is 0.306 e. The molecule has 0 atom stereocenters. The van der Waals surface area contributed by atoms with Gasteiger partial charge in [-0.15, -0.1) is 0 Å². The van der Waals surface area contributed by atoms with Crippen molar-refractivity contribution < 1.29 is 9.72 Å². The molecule has 2 aromatic heterocycles. The van der Waals surface area contributed by atoms with Crippen LogP contribution < -0.4 is 5.32 Å². The second-order valence-corrected chi connectivity index (χ2v) is 4.27. The van der Waals surface area contributed by atoms with Crippen molar-refractivity contribution in [2.45, 2.75) is 19.5 Å². The Hall–Kier alpha value is -2.71. The molecule has 1 N–H and O–H groups in total. The Morgan fingerprint density at radius 2 is 2.20 bits per heavy atom. The molecule has 20 heavy (non-hydrogen) atoms. The minimum Gasteiger partial charge on any atom is -0.352 e. The highest BCUT2D eigenvalue weighted by Crippen LogP contribution is 2.07. The number of nitro groups is 1. The SMILES string of the molecule is Cn1cc(CNC(=O)CCn2cc([N+](=O)[O-])cn2)cn1. The lowest BCUT2D eigenvalue weighted by Gasteiger charge is -2.03. The van der Waals surface area contributed by atoms with Crippen LogP contribution in [0.25, 0.3) is 0 Å². The van der Waals surface area contributed by atoms with Crippen LogP contribution in [-0.4, -0.2) is 30.4 Å². The third-order valence-electron chi connectivity index (χ3n) is 2.65. The fourth-order valence-electron chi connectivity index (χ4n) is 1.64. The molecule has 1 amide bonds. The minimum atomic E-state index is -0.522. The van der Waals surface area contributed by atoms with Crippen LogP contribution in [0.5, 0.6) is 0 Å². The first-order valence-corrected chi connectivity index (χ1v) is 5.95. The quantitative estimate of drug-likeness (QED) is 0.601. The Morgan fingerprint density at radius 3 is 2.80 bits per heavy atom. The molecule has 9 nitrogen and oxygen atoms in total. The number of aromatic nitrogens is 4. The van der Waals surface area contributed by atoms with Gasteiger partial charge in [0, 0.05) is 38.3 Å². The van der Waals surface area contributed by atoms with E-state index in [1.165, 1.54) is 10.9 Å². The molecule has 106 valence electrons. The third kappa shape index (κ3) is 3.64. The lowest BCUT2D eigenvalue weighted by atomic mass is 10.3. The normalized spacial score (nSPS) is 10.4. The molecular formula is C11H14N6O3. The average Bonchev–Trinajstić information content (AvgIpc) is 3.03. The van der Waals surface area contributed by atoms with E-state index in [2.05, 4.69) is 15.5 Å². The fourth-order valence-corrected chi connectivity index (χ4v) is 1.64. The van der Waals surface area contributed by atoms with Crippen molar-refractivity contribution >= 4 is 11.6 Å². The van der Waals surface area contributed by atoms with Gasteiger partial charge >= 0.3 is 5.69 Å². The Morgan fingerprint density at radius 1 is 1.40 bits per heavy atom. The first kappa shape index (κ1) is 13.7. The maximum absolute atomic E-state index is 11.6. The summed E-state index contributed by atoms with van der Waals surface area (Å²) in [5.74, 6) is -0.146. The number of carbonyl (C=O) groups excluding carboxylic acids is 1. The molecule has 0 bridgehead atoms.